The summed E-state index contributed by atoms with van der Waals surface area (Å²) in [6, 6.07) is 24.0. The number of fused-ring (bicyclic) bond motifs is 4. The average Bonchev–Trinajstić information content (AvgIpc) is 3.07. The molecule has 0 amide bonds. The molecule has 3 aliphatic heterocycles. The lowest BCUT2D eigenvalue weighted by Crippen LogP contribution is -2.55. The minimum absolute atomic E-state index is 0.196. The van der Waals surface area contributed by atoms with Crippen molar-refractivity contribution in [3.8, 4) is 34.3 Å². The Balaban J connectivity index is 1.37. The summed E-state index contributed by atoms with van der Waals surface area (Å²) in [7, 11) is 1.70. The van der Waals surface area contributed by atoms with Crippen molar-refractivity contribution in [2.75, 3.05) is 20.2 Å². The minimum atomic E-state index is -0.244. The van der Waals surface area contributed by atoms with Crippen LogP contribution in [-0.2, 0) is 0 Å². The van der Waals surface area contributed by atoms with E-state index in [1.165, 1.54) is 6.42 Å². The van der Waals surface area contributed by atoms with Gasteiger partial charge in [-0.05, 0) is 79.8 Å². The van der Waals surface area contributed by atoms with E-state index in [2.05, 4.69) is 44.6 Å². The normalized spacial score (nSPS) is 22.0. The predicted octanol–water partition coefficient (Wildman–Crippen LogP) is 6.78. The van der Waals surface area contributed by atoms with Gasteiger partial charge in [-0.2, -0.15) is 0 Å². The van der Waals surface area contributed by atoms with Crippen LogP contribution in [0.25, 0.3) is 33.7 Å². The summed E-state index contributed by atoms with van der Waals surface area (Å²) < 4.78 is 12.8. The molecule has 7 nitrogen and oxygen atoms in total. The second-order valence-corrected chi connectivity index (χ2v) is 11.1. The fourth-order valence-electron chi connectivity index (χ4n) is 6.57. The maximum absolute atomic E-state index is 7.14. The molecule has 210 valence electrons. The molecule has 3 saturated heterocycles. The van der Waals surface area contributed by atoms with Crippen LogP contribution in [0.3, 0.4) is 0 Å². The Morgan fingerprint density at radius 1 is 0.857 bits per heavy atom. The molecule has 1 unspecified atom stereocenters. The third kappa shape index (κ3) is 5.01. The van der Waals surface area contributed by atoms with Crippen LogP contribution in [0, 0.1) is 11.8 Å². The SMILES string of the molecule is C=C[C@H]1CN2CC[C@H]1C[C@H]2[C@H](Oc1cc(-c2ccccn2)nc(-c2ccccn2)c1)c1ccnc2ccc(OC)cc12. The van der Waals surface area contributed by atoms with Crippen LogP contribution in [0.1, 0.15) is 24.5 Å². The summed E-state index contributed by atoms with van der Waals surface area (Å²) in [4.78, 5) is 21.4. The lowest BCUT2D eigenvalue weighted by Gasteiger charge is -2.51. The fraction of sp³-hybridized carbons (Fsp3) is 0.257. The zero-order valence-electron chi connectivity index (χ0n) is 23.6. The number of hydrogen-bond donors (Lipinski definition) is 0. The first-order valence-electron chi connectivity index (χ1n) is 14.5. The van der Waals surface area contributed by atoms with E-state index in [0.29, 0.717) is 11.8 Å². The van der Waals surface area contributed by atoms with E-state index < -0.39 is 0 Å². The van der Waals surface area contributed by atoms with Crippen LogP contribution >= 0.6 is 0 Å². The van der Waals surface area contributed by atoms with E-state index in [4.69, 9.17) is 14.5 Å². The van der Waals surface area contributed by atoms with Crippen molar-refractivity contribution in [3.63, 3.8) is 0 Å². The molecule has 5 atom stereocenters. The molecule has 1 aromatic carbocycles. The van der Waals surface area contributed by atoms with Crippen LogP contribution in [-0.4, -0.2) is 51.1 Å². The molecule has 5 aromatic rings. The Bertz CT molecular complexity index is 1650. The molecule has 0 aliphatic carbocycles. The zero-order chi connectivity index (χ0) is 28.5. The smallest absolute Gasteiger partial charge is 0.140 e. The first kappa shape index (κ1) is 26.3. The molecule has 0 spiro atoms. The van der Waals surface area contributed by atoms with Crippen molar-refractivity contribution in [1.29, 1.82) is 0 Å². The number of rotatable bonds is 8. The molecule has 3 fully saturated rings. The summed E-state index contributed by atoms with van der Waals surface area (Å²) in [6.07, 6.45) is 9.57. The Morgan fingerprint density at radius 3 is 2.24 bits per heavy atom. The number of pyridine rings is 4. The van der Waals surface area contributed by atoms with Crippen molar-refractivity contribution < 1.29 is 9.47 Å². The summed E-state index contributed by atoms with van der Waals surface area (Å²) in [5.74, 6) is 2.63. The van der Waals surface area contributed by atoms with Crippen molar-refractivity contribution in [3.05, 3.63) is 110 Å². The Labute approximate surface area is 245 Å². The van der Waals surface area contributed by atoms with Gasteiger partial charge in [0, 0.05) is 48.2 Å². The van der Waals surface area contributed by atoms with Crippen LogP contribution < -0.4 is 9.47 Å². The topological polar surface area (TPSA) is 73.3 Å². The number of nitrogens with zero attached hydrogens (tertiary/aromatic N) is 5. The van der Waals surface area contributed by atoms with Gasteiger partial charge in [-0.25, -0.2) is 4.98 Å². The molecule has 0 saturated carbocycles. The highest BCUT2D eigenvalue weighted by Gasteiger charge is 2.44. The van der Waals surface area contributed by atoms with Crippen LogP contribution in [0.15, 0.2) is 104 Å². The molecule has 7 heteroatoms. The van der Waals surface area contributed by atoms with Gasteiger partial charge in [0.15, 0.2) is 0 Å². The van der Waals surface area contributed by atoms with Crippen LogP contribution in [0.2, 0.25) is 0 Å². The molecule has 0 radical (unpaired) electrons. The van der Waals surface area contributed by atoms with E-state index >= 15 is 0 Å². The Morgan fingerprint density at radius 2 is 1.62 bits per heavy atom. The first-order chi connectivity index (χ1) is 20.7. The monoisotopic (exact) mass is 555 g/mol. The van der Waals surface area contributed by atoms with E-state index in [1.54, 1.807) is 19.5 Å². The first-order valence-corrected chi connectivity index (χ1v) is 14.5. The zero-order valence-corrected chi connectivity index (χ0v) is 23.6. The third-order valence-electron chi connectivity index (χ3n) is 8.71. The predicted molar refractivity (Wildman–Crippen MR) is 164 cm³/mol. The second-order valence-electron chi connectivity index (χ2n) is 11.1. The Kier molecular flexibility index (Phi) is 7.10. The quantitative estimate of drug-likeness (QED) is 0.195. The van der Waals surface area contributed by atoms with Gasteiger partial charge in [0.25, 0.3) is 0 Å². The molecular formula is C35H33N5O2. The molecule has 4 aromatic heterocycles. The number of aromatic nitrogens is 4. The summed E-state index contributed by atoms with van der Waals surface area (Å²) in [6.45, 7) is 6.19. The van der Waals surface area contributed by atoms with Crippen molar-refractivity contribution >= 4 is 10.9 Å². The minimum Gasteiger partial charge on any atom is -0.497 e. The summed E-state index contributed by atoms with van der Waals surface area (Å²) >= 11 is 0. The highest BCUT2D eigenvalue weighted by Crippen LogP contribution is 2.44. The second kappa shape index (κ2) is 11.3. The molecule has 0 N–H and O–H groups in total. The van der Waals surface area contributed by atoms with Crippen molar-refractivity contribution in [2.24, 2.45) is 11.8 Å². The standard InChI is InChI=1S/C35H33N5O2/c1-3-23-22-40-17-13-24(23)18-34(40)35(27-12-16-38-29-11-10-25(41-2)19-28(27)29)42-26-20-32(30-8-4-6-14-36-30)39-33(21-26)31-9-5-7-15-37-31/h3-12,14-16,19-21,23-24,34-35H,1,13,17-18,22H2,2H3/t23-,24-,34-,35+/m0/s1. The lowest BCUT2D eigenvalue weighted by molar-refractivity contribution is -0.0357. The van der Waals surface area contributed by atoms with Gasteiger partial charge in [-0.15, -0.1) is 6.58 Å². The number of benzene rings is 1. The van der Waals surface area contributed by atoms with Gasteiger partial charge in [0.1, 0.15) is 17.6 Å². The van der Waals surface area contributed by atoms with Crippen molar-refractivity contribution in [2.45, 2.75) is 25.0 Å². The Hall–Kier alpha value is -4.62. The highest BCUT2D eigenvalue weighted by atomic mass is 16.5. The molecule has 3 aliphatic rings. The van der Waals surface area contributed by atoms with Gasteiger partial charge in [0.05, 0.1) is 41.4 Å². The van der Waals surface area contributed by atoms with E-state index in [9.17, 15) is 0 Å². The van der Waals surface area contributed by atoms with Crippen molar-refractivity contribution in [1.82, 2.24) is 24.8 Å². The molecule has 8 rings (SSSR count). The molecular weight excluding hydrogens is 522 g/mol. The van der Waals surface area contributed by atoms with E-state index in [1.807, 2.05) is 66.9 Å². The summed E-state index contributed by atoms with van der Waals surface area (Å²) in [5, 5.41) is 1.04. The average molecular weight is 556 g/mol. The molecule has 7 heterocycles. The van der Waals surface area contributed by atoms with Gasteiger partial charge in [-0.1, -0.05) is 18.2 Å². The van der Waals surface area contributed by atoms with Gasteiger partial charge < -0.3 is 9.47 Å². The van der Waals surface area contributed by atoms with Gasteiger partial charge in [-0.3, -0.25) is 19.9 Å². The number of methoxy groups -OCH3 is 1. The van der Waals surface area contributed by atoms with Gasteiger partial charge in [0.2, 0.25) is 0 Å². The fourth-order valence-corrected chi connectivity index (χ4v) is 6.57. The maximum atomic E-state index is 7.14. The van der Waals surface area contributed by atoms with E-state index in [0.717, 1.165) is 70.3 Å². The highest BCUT2D eigenvalue weighted by molar-refractivity contribution is 5.84. The number of hydrogen-bond acceptors (Lipinski definition) is 7. The summed E-state index contributed by atoms with van der Waals surface area (Å²) in [5.41, 5.74) is 5.06. The lowest BCUT2D eigenvalue weighted by atomic mass is 9.73. The molecule has 2 bridgehead atoms. The number of piperidine rings is 3. The van der Waals surface area contributed by atoms with Crippen LogP contribution in [0.5, 0.6) is 11.5 Å². The maximum Gasteiger partial charge on any atom is 0.140 e. The largest absolute Gasteiger partial charge is 0.497 e. The third-order valence-corrected chi connectivity index (χ3v) is 8.71. The van der Waals surface area contributed by atoms with Crippen LogP contribution in [0.4, 0.5) is 0 Å². The number of ether oxygens (including phenoxy) is 2. The van der Waals surface area contributed by atoms with E-state index in [-0.39, 0.29) is 12.1 Å². The molecule has 42 heavy (non-hydrogen) atoms. The van der Waals surface area contributed by atoms with Gasteiger partial charge >= 0.3 is 0 Å².